The fraction of sp³-hybridized carbons (Fsp3) is 0.789. The standard InChI is InChI=1S/C76H114N24O17.ClH/c1-76(2,3)117-67(108)59-27-11-36-85(59)75(116)100-51-19-44-93(100)66(107)58-26-10-35-84(58)74(115)99-50-18-43-92(99)65(106)57-25-9-34-83(57)73(114)98-49-17-42-91(98)64(105)56-24-8-33-82(56)72(113)97-48-16-41-90(97)63(104)55-23-7-32-81(55)71(112)96-47-15-40-89(96)62(103)54-22-6-31-80(54)70(111)95-46-14-39-88(95)61(102)53-21-5-30-79(53)69(110)94-45-13-38-87(94)60(101)52-20-4-29-78(52)68(109)86-37-12-28-77-86;/h52-59,77H,4-51H2,1-3H3;1H/t52-,53-,54-,55-,56-,57-,58-,59-;/m0./s1. The first-order valence-corrected chi connectivity index (χ1v) is 43.2. The number of carbonyl (C=O) groups is 16. The van der Waals surface area contributed by atoms with Crippen LogP contribution in [0.4, 0.5) is 38.4 Å². The van der Waals surface area contributed by atoms with Crippen LogP contribution in [0.2, 0.25) is 0 Å². The first-order chi connectivity index (χ1) is 56.4. The van der Waals surface area contributed by atoms with E-state index in [9.17, 15) is 71.9 Å². The van der Waals surface area contributed by atoms with Crippen molar-refractivity contribution in [1.29, 1.82) is 0 Å². The summed E-state index contributed by atoms with van der Waals surface area (Å²) < 4.78 is 5.65. The number of esters is 1. The molecule has 41 nitrogen and oxygen atoms in total. The van der Waals surface area contributed by atoms with E-state index in [1.165, 1.54) is 109 Å². The van der Waals surface area contributed by atoms with Gasteiger partial charge in [-0.25, -0.2) is 119 Å². The molecule has 0 radical (unpaired) electrons. The Hall–Kier alpha value is -9.83. The van der Waals surface area contributed by atoms with E-state index < -0.39 is 138 Å². The lowest BCUT2D eigenvalue weighted by atomic mass is 10.1. The van der Waals surface area contributed by atoms with Gasteiger partial charge in [-0.2, -0.15) is 0 Å². The quantitative estimate of drug-likeness (QED) is 0.338. The van der Waals surface area contributed by atoms with Crippen LogP contribution in [0.1, 0.15) is 175 Å². The van der Waals surface area contributed by atoms with E-state index in [0.29, 0.717) is 161 Å². The Bertz CT molecular complexity index is 3920. The molecule has 0 aromatic heterocycles. The van der Waals surface area contributed by atoms with Crippen LogP contribution in [0.25, 0.3) is 0 Å². The smallest absolute Gasteiger partial charge is 0.339 e. The van der Waals surface area contributed by atoms with Gasteiger partial charge in [0.2, 0.25) is 0 Å². The lowest BCUT2D eigenvalue weighted by Crippen LogP contribution is -2.62. The highest BCUT2D eigenvalue weighted by molar-refractivity contribution is 5.98. The molecule has 16 heterocycles. The topological polar surface area (TPSA) is 369 Å². The third-order valence-electron chi connectivity index (χ3n) is 26.3. The van der Waals surface area contributed by atoms with E-state index in [1.807, 2.05) is 0 Å². The van der Waals surface area contributed by atoms with Crippen molar-refractivity contribution in [2.24, 2.45) is 0 Å². The van der Waals surface area contributed by atoms with Crippen LogP contribution in [0.3, 0.4) is 0 Å². The molecule has 648 valence electrons. The van der Waals surface area contributed by atoms with Crippen LogP contribution >= 0.6 is 12.4 Å². The fourth-order valence-electron chi connectivity index (χ4n) is 20.7. The monoisotopic (exact) mass is 1670 g/mol. The molecule has 0 unspecified atom stereocenters. The summed E-state index contributed by atoms with van der Waals surface area (Å²) in [6.07, 6.45) is 10.8. The number of amides is 23. The SMILES string of the molecule is CC(C)(C)OC(=O)[C@@H]1CCCN1C(=O)N1CCCN1C(=O)[C@@H]1CCCN1C(=O)N1CCCN1C(=O)[C@@H]1CCCN1C(=O)N1CCCN1C(=O)[C@@H]1CCCN1C(=O)N1CCCN1C(=O)[C@@H]1CCCN1C(=O)N1CCCN1C(=O)[C@@H]1CCCN1C(=O)N1CCCN1C(=O)[C@@H]1CCCN1C(=O)N1CCCN1C(=O)[C@@H]1CCCN1C(=O)N1CCCN1.Cl. The number of nitrogens with zero attached hydrogens (tertiary/aromatic N) is 23. The van der Waals surface area contributed by atoms with Gasteiger partial charge in [0.1, 0.15) is 53.9 Å². The van der Waals surface area contributed by atoms with Gasteiger partial charge in [-0.15, -0.1) is 12.4 Å². The third-order valence-corrected chi connectivity index (χ3v) is 26.3. The minimum absolute atomic E-state index is 0. The Labute approximate surface area is 692 Å². The van der Waals surface area contributed by atoms with E-state index in [4.69, 9.17) is 4.74 Å². The molecular weight excluding hydrogens is 1560 g/mol. The highest BCUT2D eigenvalue weighted by Crippen LogP contribution is 2.37. The maximum Gasteiger partial charge on any atom is 0.339 e. The second-order valence-electron chi connectivity index (χ2n) is 34.6. The largest absolute Gasteiger partial charge is 0.458 e. The predicted octanol–water partition coefficient (Wildman–Crippen LogP) is 1.78. The lowest BCUT2D eigenvalue weighted by molar-refractivity contribution is -0.160. The van der Waals surface area contributed by atoms with Gasteiger partial charge in [-0.3, -0.25) is 38.6 Å². The number of halogens is 1. The molecule has 42 heteroatoms. The fourth-order valence-corrected chi connectivity index (χ4v) is 20.7. The van der Waals surface area contributed by atoms with E-state index in [-0.39, 0.29) is 168 Å². The minimum atomic E-state index is -1.01. The average Bonchev–Trinajstić information content (AvgIpc) is 1.45. The second-order valence-corrected chi connectivity index (χ2v) is 34.6. The molecule has 16 saturated heterocycles. The number of likely N-dealkylation sites (tertiary alicyclic amines) is 8. The molecule has 8 atom stereocenters. The number of urea groups is 8. The summed E-state index contributed by atoms with van der Waals surface area (Å²) >= 11 is 0. The Morgan fingerprint density at radius 1 is 0.220 bits per heavy atom. The van der Waals surface area contributed by atoms with Crippen molar-refractivity contribution >= 4 is 108 Å². The summed E-state index contributed by atoms with van der Waals surface area (Å²) in [7, 11) is 0. The number of hydrazine groups is 8. The third kappa shape index (κ3) is 15.4. The van der Waals surface area contributed by atoms with Crippen molar-refractivity contribution < 1.29 is 81.4 Å². The van der Waals surface area contributed by atoms with E-state index >= 15 is 4.79 Å². The van der Waals surface area contributed by atoms with Crippen LogP contribution in [0.15, 0.2) is 0 Å². The molecule has 118 heavy (non-hydrogen) atoms. The van der Waals surface area contributed by atoms with Gasteiger partial charge in [0.15, 0.2) is 0 Å². The number of hydrogen-bond donors (Lipinski definition) is 1. The van der Waals surface area contributed by atoms with Crippen molar-refractivity contribution in [1.82, 2.24) is 120 Å². The van der Waals surface area contributed by atoms with Gasteiger partial charge < -0.3 is 43.9 Å². The number of rotatable bonds is 8. The molecule has 16 aliphatic rings. The van der Waals surface area contributed by atoms with Crippen LogP contribution in [-0.2, 0) is 43.1 Å². The number of hydrogen-bond acceptors (Lipinski definition) is 18. The Kier molecular flexibility index (Phi) is 24.3. The summed E-state index contributed by atoms with van der Waals surface area (Å²) in [5, 5.41) is 20.7. The lowest BCUT2D eigenvalue weighted by Gasteiger charge is -2.40. The number of nitrogens with one attached hydrogen (secondary N) is 1. The molecule has 23 amide bonds. The van der Waals surface area contributed by atoms with Gasteiger partial charge in [0.25, 0.3) is 41.4 Å². The van der Waals surface area contributed by atoms with Crippen LogP contribution in [0.5, 0.6) is 0 Å². The van der Waals surface area contributed by atoms with Crippen molar-refractivity contribution in [3.05, 3.63) is 0 Å². The molecule has 0 spiro atoms. The molecule has 0 aliphatic carbocycles. The Morgan fingerprint density at radius 3 is 0.585 bits per heavy atom. The average molecular weight is 1670 g/mol. The maximum absolute atomic E-state index is 15.0. The highest BCUT2D eigenvalue weighted by atomic mass is 35.5. The van der Waals surface area contributed by atoms with Crippen molar-refractivity contribution in [2.75, 3.05) is 157 Å². The summed E-state index contributed by atoms with van der Waals surface area (Å²) in [4.78, 5) is 245. The molecule has 16 rings (SSSR count). The zero-order chi connectivity index (χ0) is 82.0. The molecule has 16 aliphatic heterocycles. The van der Waals surface area contributed by atoms with Gasteiger partial charge in [-0.1, -0.05) is 0 Å². The predicted molar refractivity (Wildman–Crippen MR) is 415 cm³/mol. The highest BCUT2D eigenvalue weighted by Gasteiger charge is 2.55. The van der Waals surface area contributed by atoms with Crippen LogP contribution in [0, 0.1) is 0 Å². The molecule has 0 saturated carbocycles. The van der Waals surface area contributed by atoms with Gasteiger partial charge in [0, 0.05) is 157 Å². The number of ether oxygens (including phenoxy) is 1. The van der Waals surface area contributed by atoms with Gasteiger partial charge >= 0.3 is 54.2 Å². The van der Waals surface area contributed by atoms with Crippen molar-refractivity contribution in [2.45, 2.75) is 229 Å². The Morgan fingerprint density at radius 2 is 0.398 bits per heavy atom. The van der Waals surface area contributed by atoms with E-state index in [2.05, 4.69) is 5.43 Å². The molecular formula is C76H115ClN24O17. The van der Waals surface area contributed by atoms with Crippen molar-refractivity contribution in [3.8, 4) is 0 Å². The van der Waals surface area contributed by atoms with Crippen molar-refractivity contribution in [3.63, 3.8) is 0 Å². The summed E-state index contributed by atoms with van der Waals surface area (Å²) in [6.45, 7) is 11.2. The maximum atomic E-state index is 15.0. The zero-order valence-corrected chi connectivity index (χ0v) is 69.0. The normalized spacial score (nSPS) is 27.6. The number of carbonyl (C=O) groups excluding carboxylic acids is 16. The molecule has 0 aromatic rings. The summed E-state index contributed by atoms with van der Waals surface area (Å²) in [5.41, 5.74) is 2.32. The van der Waals surface area contributed by atoms with Gasteiger partial charge in [0.05, 0.1) is 0 Å². The first-order valence-electron chi connectivity index (χ1n) is 43.2. The van der Waals surface area contributed by atoms with E-state index in [0.717, 1.165) is 6.42 Å². The molecule has 0 bridgehead atoms. The van der Waals surface area contributed by atoms with Crippen LogP contribution in [-0.4, -0.2) is 421 Å². The Balaban J connectivity index is 0.0000109. The summed E-state index contributed by atoms with van der Waals surface area (Å²) in [6, 6.07) is -11.4. The molecule has 0 aromatic carbocycles. The second kappa shape index (κ2) is 34.5. The molecule has 16 fully saturated rings. The summed E-state index contributed by atoms with van der Waals surface area (Å²) in [5.74, 6) is -3.65. The minimum Gasteiger partial charge on any atom is -0.458 e. The van der Waals surface area contributed by atoms with E-state index in [1.54, 1.807) is 25.7 Å². The zero-order valence-electron chi connectivity index (χ0n) is 68.2. The van der Waals surface area contributed by atoms with Gasteiger partial charge in [-0.05, 0) is 175 Å². The van der Waals surface area contributed by atoms with Crippen LogP contribution < -0.4 is 5.43 Å². The first kappa shape index (κ1) is 83.2. The molecule has 1 N–H and O–H groups in total.